The van der Waals surface area contributed by atoms with Gasteiger partial charge in [0, 0.05) is 29.3 Å². The van der Waals surface area contributed by atoms with E-state index in [0.717, 1.165) is 57.2 Å². The summed E-state index contributed by atoms with van der Waals surface area (Å²) in [7, 11) is 0. The standard InChI is InChI=1S/C30H39ClN4O4/c1-3-34-15-7-10-21(34)17-35-26(28(37)32-19-8-5-4-6-9-19)30-14-13-23(39-30)24(25(30)29(35)38)27(36)33-20-12-11-18(2)22(31)16-20/h11-14,16,19,21,23-26H,3-10,15,17H2,1-2H3,(H,32,37)(H,33,36). The van der Waals surface area contributed by atoms with Gasteiger partial charge in [-0.15, -0.1) is 0 Å². The molecule has 1 spiro atoms. The molecule has 3 saturated heterocycles. The second kappa shape index (κ2) is 10.5. The number of hydrogen-bond acceptors (Lipinski definition) is 5. The van der Waals surface area contributed by atoms with Crippen LogP contribution in [-0.2, 0) is 19.1 Å². The number of nitrogens with one attached hydrogen (secondary N) is 2. The van der Waals surface area contributed by atoms with E-state index in [1.54, 1.807) is 17.0 Å². The fourth-order valence-corrected chi connectivity index (χ4v) is 7.81. The van der Waals surface area contributed by atoms with E-state index in [9.17, 15) is 14.4 Å². The number of rotatable bonds is 7. The number of fused-ring (bicyclic) bond motifs is 1. The number of carbonyl (C=O) groups is 3. The van der Waals surface area contributed by atoms with E-state index >= 15 is 0 Å². The molecule has 0 aromatic heterocycles. The monoisotopic (exact) mass is 554 g/mol. The zero-order valence-corrected chi connectivity index (χ0v) is 23.6. The molecule has 3 amide bonds. The first-order valence-electron chi connectivity index (χ1n) is 14.6. The quantitative estimate of drug-likeness (QED) is 0.502. The summed E-state index contributed by atoms with van der Waals surface area (Å²) in [6.45, 7) is 6.41. The number of likely N-dealkylation sites (N-methyl/N-ethyl adjacent to an activating group) is 1. The molecular weight excluding hydrogens is 516 g/mol. The molecule has 6 unspecified atom stereocenters. The minimum atomic E-state index is -1.14. The first kappa shape index (κ1) is 26.8. The number of benzene rings is 1. The Bertz CT molecular complexity index is 1180. The van der Waals surface area contributed by atoms with Crippen LogP contribution in [0.5, 0.6) is 0 Å². The molecule has 210 valence electrons. The van der Waals surface area contributed by atoms with Crippen molar-refractivity contribution < 1.29 is 19.1 Å². The summed E-state index contributed by atoms with van der Waals surface area (Å²) >= 11 is 6.29. The SMILES string of the molecule is CCN1CCCC1CN1C(=O)C2C(C(=O)Nc3ccc(C)c(Cl)c3)C3C=CC2(O3)C1C(=O)NC1CCCCC1. The number of hydrogen-bond donors (Lipinski definition) is 2. The van der Waals surface area contributed by atoms with Crippen molar-refractivity contribution >= 4 is 35.0 Å². The second-order valence-corrected chi connectivity index (χ2v) is 12.3. The predicted molar refractivity (Wildman–Crippen MR) is 149 cm³/mol. The summed E-state index contributed by atoms with van der Waals surface area (Å²) in [6, 6.07) is 4.90. The average Bonchev–Trinajstić information content (AvgIpc) is 3.68. The Hall–Kier alpha value is -2.42. The molecule has 4 fully saturated rings. The summed E-state index contributed by atoms with van der Waals surface area (Å²) in [5, 5.41) is 6.80. The van der Waals surface area contributed by atoms with Gasteiger partial charge in [-0.25, -0.2) is 0 Å². The van der Waals surface area contributed by atoms with Gasteiger partial charge < -0.3 is 20.3 Å². The van der Waals surface area contributed by atoms with Crippen molar-refractivity contribution in [2.75, 3.05) is 25.0 Å². The topological polar surface area (TPSA) is 91.0 Å². The van der Waals surface area contributed by atoms with E-state index in [1.165, 1.54) is 6.42 Å². The van der Waals surface area contributed by atoms with Gasteiger partial charge in [-0.2, -0.15) is 0 Å². The summed E-state index contributed by atoms with van der Waals surface area (Å²) in [5.41, 5.74) is 0.361. The maximum atomic E-state index is 14.2. The van der Waals surface area contributed by atoms with E-state index in [4.69, 9.17) is 16.3 Å². The number of ether oxygens (including phenoxy) is 1. The van der Waals surface area contributed by atoms with Crippen molar-refractivity contribution in [2.24, 2.45) is 11.8 Å². The smallest absolute Gasteiger partial charge is 0.246 e. The van der Waals surface area contributed by atoms with Crippen molar-refractivity contribution in [1.82, 2.24) is 15.1 Å². The van der Waals surface area contributed by atoms with Crippen LogP contribution in [0.25, 0.3) is 0 Å². The van der Waals surface area contributed by atoms with Crippen LogP contribution < -0.4 is 10.6 Å². The molecule has 6 rings (SSSR count). The van der Waals surface area contributed by atoms with E-state index in [1.807, 2.05) is 25.1 Å². The molecule has 1 aromatic rings. The molecule has 9 heteroatoms. The number of nitrogens with zero attached hydrogens (tertiary/aromatic N) is 2. The summed E-state index contributed by atoms with van der Waals surface area (Å²) < 4.78 is 6.50. The van der Waals surface area contributed by atoms with Gasteiger partial charge in [-0.3, -0.25) is 19.3 Å². The lowest BCUT2D eigenvalue weighted by molar-refractivity contribution is -0.142. The van der Waals surface area contributed by atoms with Crippen molar-refractivity contribution in [3.05, 3.63) is 40.9 Å². The van der Waals surface area contributed by atoms with Crippen LogP contribution in [-0.4, -0.2) is 77.0 Å². The zero-order chi connectivity index (χ0) is 27.3. The van der Waals surface area contributed by atoms with Gasteiger partial charge in [0.1, 0.15) is 11.6 Å². The Balaban J connectivity index is 1.30. The predicted octanol–water partition coefficient (Wildman–Crippen LogP) is 3.67. The highest BCUT2D eigenvalue weighted by Gasteiger charge is 2.73. The number of halogens is 1. The van der Waals surface area contributed by atoms with Gasteiger partial charge in [0.15, 0.2) is 0 Å². The highest BCUT2D eigenvalue weighted by Crippen LogP contribution is 2.55. The normalized spacial score (nSPS) is 34.1. The molecule has 39 heavy (non-hydrogen) atoms. The van der Waals surface area contributed by atoms with E-state index < -0.39 is 29.6 Å². The van der Waals surface area contributed by atoms with Gasteiger partial charge in [0.25, 0.3) is 0 Å². The first-order chi connectivity index (χ1) is 18.8. The minimum Gasteiger partial charge on any atom is -0.359 e. The van der Waals surface area contributed by atoms with Gasteiger partial charge in [0.05, 0.1) is 17.9 Å². The van der Waals surface area contributed by atoms with Crippen LogP contribution in [0.4, 0.5) is 5.69 Å². The molecule has 1 aliphatic carbocycles. The van der Waals surface area contributed by atoms with Crippen LogP contribution in [0.1, 0.15) is 57.4 Å². The lowest BCUT2D eigenvalue weighted by atomic mass is 9.74. The third kappa shape index (κ3) is 4.58. The lowest BCUT2D eigenvalue weighted by Gasteiger charge is -2.36. The van der Waals surface area contributed by atoms with Crippen molar-refractivity contribution in [2.45, 2.75) is 88.6 Å². The number of likely N-dealkylation sites (tertiary alicyclic amines) is 2. The van der Waals surface area contributed by atoms with Crippen molar-refractivity contribution in [1.29, 1.82) is 0 Å². The summed E-state index contributed by atoms with van der Waals surface area (Å²) in [6.07, 6.45) is 10.6. The number of aryl methyl sites for hydroxylation is 1. The highest BCUT2D eigenvalue weighted by atomic mass is 35.5. The number of carbonyl (C=O) groups excluding carboxylic acids is 3. The van der Waals surface area contributed by atoms with Crippen LogP contribution in [0.15, 0.2) is 30.4 Å². The molecule has 1 aromatic carbocycles. The van der Waals surface area contributed by atoms with E-state index in [2.05, 4.69) is 22.5 Å². The Morgan fingerprint density at radius 1 is 1.13 bits per heavy atom. The fourth-order valence-electron chi connectivity index (χ4n) is 7.63. The number of amides is 3. The van der Waals surface area contributed by atoms with Crippen LogP contribution in [0.2, 0.25) is 5.02 Å². The Labute approximate surface area is 235 Å². The summed E-state index contributed by atoms with van der Waals surface area (Å²) in [4.78, 5) is 46.1. The van der Waals surface area contributed by atoms with Crippen LogP contribution >= 0.6 is 11.6 Å². The molecule has 6 atom stereocenters. The Kier molecular flexibility index (Phi) is 7.23. The highest BCUT2D eigenvalue weighted by molar-refractivity contribution is 6.31. The summed E-state index contributed by atoms with van der Waals surface area (Å²) in [5.74, 6) is -2.06. The average molecular weight is 555 g/mol. The van der Waals surface area contributed by atoms with Gasteiger partial charge in [-0.1, -0.05) is 56.0 Å². The molecule has 5 aliphatic rings. The van der Waals surface area contributed by atoms with Gasteiger partial charge in [-0.05, 0) is 63.4 Å². The minimum absolute atomic E-state index is 0.116. The Morgan fingerprint density at radius 2 is 1.92 bits per heavy atom. The second-order valence-electron chi connectivity index (χ2n) is 11.9. The Morgan fingerprint density at radius 3 is 2.67 bits per heavy atom. The van der Waals surface area contributed by atoms with E-state index in [-0.39, 0.29) is 29.8 Å². The molecular formula is C30H39ClN4O4. The maximum absolute atomic E-state index is 14.2. The van der Waals surface area contributed by atoms with Crippen molar-refractivity contribution in [3.63, 3.8) is 0 Å². The van der Waals surface area contributed by atoms with Gasteiger partial charge in [0.2, 0.25) is 17.7 Å². The lowest BCUT2D eigenvalue weighted by Crippen LogP contribution is -2.58. The molecule has 8 nitrogen and oxygen atoms in total. The zero-order valence-electron chi connectivity index (χ0n) is 22.8. The van der Waals surface area contributed by atoms with Crippen LogP contribution in [0.3, 0.4) is 0 Å². The molecule has 4 aliphatic heterocycles. The third-order valence-electron chi connectivity index (χ3n) is 9.63. The maximum Gasteiger partial charge on any atom is 0.246 e. The first-order valence-corrected chi connectivity index (χ1v) is 15.0. The fraction of sp³-hybridized carbons (Fsp3) is 0.633. The third-order valence-corrected chi connectivity index (χ3v) is 10.0. The van der Waals surface area contributed by atoms with Gasteiger partial charge >= 0.3 is 0 Å². The molecule has 0 radical (unpaired) electrons. The molecule has 4 heterocycles. The van der Waals surface area contributed by atoms with Crippen molar-refractivity contribution in [3.8, 4) is 0 Å². The van der Waals surface area contributed by atoms with Crippen LogP contribution in [0, 0.1) is 18.8 Å². The molecule has 2 bridgehead atoms. The molecule has 2 N–H and O–H groups in total. The number of anilines is 1. The molecule has 1 saturated carbocycles. The largest absolute Gasteiger partial charge is 0.359 e. The van der Waals surface area contributed by atoms with E-state index in [0.29, 0.717) is 17.3 Å².